The molecule has 3 atom stereocenters. The van der Waals surface area contributed by atoms with Crippen molar-refractivity contribution in [2.24, 2.45) is 0 Å². The molecule has 0 saturated heterocycles. The Balaban J connectivity index is 3.13. The molecule has 0 fully saturated rings. The average molecular weight is 485 g/mol. The molecule has 0 aliphatic carbocycles. The molecule has 1 aromatic carbocycles. The summed E-state index contributed by atoms with van der Waals surface area (Å²) in [5.41, 5.74) is 1.06. The van der Waals surface area contributed by atoms with Crippen LogP contribution in [0.15, 0.2) is 24.3 Å². The first-order chi connectivity index (χ1) is 14.4. The molecule has 0 aromatic heterocycles. The zero-order valence-corrected chi connectivity index (χ0v) is 24.5. The monoisotopic (exact) mass is 484 g/mol. The van der Waals surface area contributed by atoms with Crippen LogP contribution in [0.1, 0.15) is 54.0 Å². The zero-order valence-electron chi connectivity index (χ0n) is 22.5. The molecule has 0 heterocycles. The van der Waals surface area contributed by atoms with Gasteiger partial charge in [-0.25, -0.2) is 0 Å². The van der Waals surface area contributed by atoms with Gasteiger partial charge in [-0.3, -0.25) is 0 Å². The summed E-state index contributed by atoms with van der Waals surface area (Å²) >= 11 is 0. The second-order valence-electron chi connectivity index (χ2n) is 11.8. The maximum atomic E-state index is 10.4. The third-order valence-corrected chi connectivity index (χ3v) is 16.1. The fourth-order valence-corrected chi connectivity index (χ4v) is 5.50. The Labute approximate surface area is 199 Å². The van der Waals surface area contributed by atoms with Crippen LogP contribution >= 0.6 is 0 Å². The molecule has 32 heavy (non-hydrogen) atoms. The quantitative estimate of drug-likeness (QED) is 0.370. The van der Waals surface area contributed by atoms with Crippen LogP contribution in [-0.4, -0.2) is 53.8 Å². The first-order valence-corrected chi connectivity index (χ1v) is 17.5. The topological polar surface area (TPSA) is 57.2 Å². The number of methoxy groups -OCH3 is 1. The molecular weight excluding hydrogens is 436 g/mol. The first-order valence-electron chi connectivity index (χ1n) is 11.7. The second kappa shape index (κ2) is 11.1. The summed E-state index contributed by atoms with van der Waals surface area (Å²) in [6.45, 7) is 24.6. The lowest BCUT2D eigenvalue weighted by molar-refractivity contribution is -0.0882. The molecule has 0 bridgehead atoms. The van der Waals surface area contributed by atoms with E-state index < -0.39 is 22.7 Å². The van der Waals surface area contributed by atoms with Crippen molar-refractivity contribution >= 4 is 16.6 Å². The number of hydrogen-bond acceptors (Lipinski definition) is 5. The predicted molar refractivity (Wildman–Crippen MR) is 138 cm³/mol. The Morgan fingerprint density at radius 1 is 0.844 bits per heavy atom. The molecule has 1 rings (SSSR count). The van der Waals surface area contributed by atoms with E-state index in [1.807, 2.05) is 31.2 Å². The van der Waals surface area contributed by atoms with Crippen LogP contribution in [0.4, 0.5) is 0 Å². The van der Waals surface area contributed by atoms with Crippen LogP contribution in [-0.2, 0) is 20.2 Å². The molecule has 0 radical (unpaired) electrons. The van der Waals surface area contributed by atoms with Gasteiger partial charge in [-0.15, -0.1) is 0 Å². The van der Waals surface area contributed by atoms with Gasteiger partial charge in [0, 0.05) is 0 Å². The van der Waals surface area contributed by atoms with Crippen molar-refractivity contribution < 1.29 is 23.4 Å². The predicted octanol–water partition coefficient (Wildman–Crippen LogP) is 6.37. The van der Waals surface area contributed by atoms with Gasteiger partial charge in [0.1, 0.15) is 5.75 Å². The minimum atomic E-state index is -2.12. The summed E-state index contributed by atoms with van der Waals surface area (Å²) in [7, 11) is -2.57. The summed E-state index contributed by atoms with van der Waals surface area (Å²) in [5.74, 6) is 0.823. The summed E-state index contributed by atoms with van der Waals surface area (Å²) in [6.07, 6.45) is -1.03. The Kier molecular flexibility index (Phi) is 10.2. The maximum Gasteiger partial charge on any atom is 0.192 e. The van der Waals surface area contributed by atoms with Crippen molar-refractivity contribution in [1.29, 1.82) is 0 Å². The molecule has 5 nitrogen and oxygen atoms in total. The number of ether oxygens (including phenoxy) is 2. The van der Waals surface area contributed by atoms with Crippen molar-refractivity contribution in [2.75, 3.05) is 13.7 Å². The summed E-state index contributed by atoms with van der Waals surface area (Å²) in [5, 5.41) is 10.5. The van der Waals surface area contributed by atoms with Gasteiger partial charge in [-0.05, 0) is 60.9 Å². The van der Waals surface area contributed by atoms with Crippen LogP contribution in [0.3, 0.4) is 0 Å². The van der Waals surface area contributed by atoms with Crippen molar-refractivity contribution in [2.45, 2.75) is 110 Å². The lowest BCUT2D eigenvalue weighted by Crippen LogP contribution is -2.56. The SMILES string of the molecule is COc1ccc(CO[C@@H](C)[C@H](O[Si](C)(C)C(C)(C)C)[C@@H](CO)O[Si](C)(C)C(C)(C)C)cc1. The van der Waals surface area contributed by atoms with E-state index in [-0.39, 0.29) is 28.9 Å². The number of aliphatic hydroxyl groups is 1. The summed E-state index contributed by atoms with van der Waals surface area (Å²) in [4.78, 5) is 0. The highest BCUT2D eigenvalue weighted by atomic mass is 28.4. The van der Waals surface area contributed by atoms with Crippen LogP contribution < -0.4 is 4.74 Å². The van der Waals surface area contributed by atoms with Crippen LogP contribution in [0.2, 0.25) is 36.3 Å². The fraction of sp³-hybridized carbons (Fsp3) is 0.760. The van der Waals surface area contributed by atoms with Gasteiger partial charge in [0.15, 0.2) is 16.6 Å². The minimum Gasteiger partial charge on any atom is -0.497 e. The van der Waals surface area contributed by atoms with E-state index in [1.165, 1.54) is 0 Å². The highest BCUT2D eigenvalue weighted by Gasteiger charge is 2.46. The summed E-state index contributed by atoms with van der Waals surface area (Å²) in [6, 6.07) is 7.88. The lowest BCUT2D eigenvalue weighted by atomic mass is 10.1. The molecule has 0 aliphatic heterocycles. The van der Waals surface area contributed by atoms with Gasteiger partial charge in [0.2, 0.25) is 0 Å². The zero-order chi connectivity index (χ0) is 25.0. The van der Waals surface area contributed by atoms with Gasteiger partial charge in [0.25, 0.3) is 0 Å². The van der Waals surface area contributed by atoms with Crippen LogP contribution in [0, 0.1) is 0 Å². The van der Waals surface area contributed by atoms with E-state index in [0.29, 0.717) is 6.61 Å². The largest absolute Gasteiger partial charge is 0.497 e. The molecular formula is C25H48O5Si2. The molecule has 0 saturated carbocycles. The molecule has 0 unspecified atom stereocenters. The number of rotatable bonds is 11. The van der Waals surface area contributed by atoms with Crippen molar-refractivity contribution in [1.82, 2.24) is 0 Å². The van der Waals surface area contributed by atoms with E-state index in [0.717, 1.165) is 11.3 Å². The Hall–Kier alpha value is -0.706. The minimum absolute atomic E-state index is 0.0368. The standard InChI is InChI=1S/C25H48O5Si2/c1-19(28-18-20-13-15-21(27-8)16-14-20)23(30-32(11,12)25(5,6)7)22(17-26)29-31(9,10)24(2,3)4/h13-16,19,22-23,26H,17-18H2,1-12H3/t19-,22+,23-/m0/s1. The molecule has 186 valence electrons. The molecule has 7 heteroatoms. The number of aliphatic hydroxyl groups excluding tert-OH is 1. The van der Waals surface area contributed by atoms with Gasteiger partial charge in [-0.1, -0.05) is 53.7 Å². The van der Waals surface area contributed by atoms with Gasteiger partial charge < -0.3 is 23.4 Å². The second-order valence-corrected chi connectivity index (χ2v) is 21.3. The van der Waals surface area contributed by atoms with Crippen molar-refractivity contribution in [3.63, 3.8) is 0 Å². The summed E-state index contributed by atoms with van der Waals surface area (Å²) < 4.78 is 25.0. The molecule has 1 N–H and O–H groups in total. The third kappa shape index (κ3) is 7.96. The molecule has 0 amide bonds. The van der Waals surface area contributed by atoms with E-state index >= 15 is 0 Å². The molecule has 0 spiro atoms. The van der Waals surface area contributed by atoms with E-state index in [2.05, 4.69) is 67.7 Å². The van der Waals surface area contributed by atoms with Gasteiger partial charge in [-0.2, -0.15) is 0 Å². The highest BCUT2D eigenvalue weighted by molar-refractivity contribution is 6.74. The third-order valence-electron chi connectivity index (χ3n) is 7.17. The normalized spacial score (nSPS) is 16.5. The molecule has 1 aromatic rings. The van der Waals surface area contributed by atoms with Gasteiger partial charge in [0.05, 0.1) is 38.6 Å². The van der Waals surface area contributed by atoms with Crippen molar-refractivity contribution in [3.05, 3.63) is 29.8 Å². The maximum absolute atomic E-state index is 10.4. The van der Waals surface area contributed by atoms with Crippen molar-refractivity contribution in [3.8, 4) is 5.75 Å². The number of benzene rings is 1. The molecule has 0 aliphatic rings. The average Bonchev–Trinajstić information content (AvgIpc) is 2.67. The Bertz CT molecular complexity index is 690. The van der Waals surface area contributed by atoms with E-state index in [1.54, 1.807) is 7.11 Å². The lowest BCUT2D eigenvalue weighted by Gasteiger charge is -2.46. The van der Waals surface area contributed by atoms with E-state index in [9.17, 15) is 5.11 Å². The van der Waals surface area contributed by atoms with Gasteiger partial charge >= 0.3 is 0 Å². The van der Waals surface area contributed by atoms with Crippen LogP contribution in [0.5, 0.6) is 5.75 Å². The number of hydrogen-bond donors (Lipinski definition) is 1. The van der Waals surface area contributed by atoms with E-state index in [4.69, 9.17) is 18.3 Å². The highest BCUT2D eigenvalue weighted by Crippen LogP contribution is 2.41. The first kappa shape index (κ1) is 29.3. The fourth-order valence-electron chi connectivity index (χ4n) is 2.80. The smallest absolute Gasteiger partial charge is 0.192 e. The Morgan fingerprint density at radius 3 is 1.72 bits per heavy atom. The van der Waals surface area contributed by atoms with Crippen LogP contribution in [0.25, 0.3) is 0 Å². The Morgan fingerprint density at radius 2 is 1.31 bits per heavy atom.